The lowest BCUT2D eigenvalue weighted by molar-refractivity contribution is 1.42. The zero-order valence-electron chi connectivity index (χ0n) is 7.29. The molecule has 0 aliphatic rings. The van der Waals surface area contributed by atoms with Crippen molar-refractivity contribution < 1.29 is 0 Å². The molecule has 0 radical (unpaired) electrons. The molecule has 2 heterocycles. The number of hydrogen-bond donors (Lipinski definition) is 1. The van der Waals surface area contributed by atoms with E-state index in [1.54, 1.807) is 0 Å². The van der Waals surface area contributed by atoms with Crippen molar-refractivity contribution in [2.45, 2.75) is 0 Å². The van der Waals surface area contributed by atoms with Gasteiger partial charge in [-0.1, -0.05) is 15.9 Å². The molecule has 3 heteroatoms. The minimum Gasteiger partial charge on any atom is -0.353 e. The zero-order chi connectivity index (χ0) is 9.54. The minimum absolute atomic E-state index is 1.03. The molecule has 1 aromatic carbocycles. The van der Waals surface area contributed by atoms with Crippen LogP contribution in [-0.2, 0) is 0 Å². The van der Waals surface area contributed by atoms with Gasteiger partial charge < -0.3 is 4.98 Å². The summed E-state index contributed by atoms with van der Waals surface area (Å²) < 4.78 is 1.08. The van der Waals surface area contributed by atoms with Gasteiger partial charge in [0.2, 0.25) is 0 Å². The largest absolute Gasteiger partial charge is 0.353 e. The average Bonchev–Trinajstić information content (AvgIpc) is 2.56. The quantitative estimate of drug-likeness (QED) is 0.647. The van der Waals surface area contributed by atoms with Crippen molar-refractivity contribution >= 4 is 37.9 Å². The van der Waals surface area contributed by atoms with Crippen LogP contribution >= 0.6 is 15.9 Å². The van der Waals surface area contributed by atoms with Crippen LogP contribution in [0.2, 0.25) is 0 Å². The molecular formula is C11H7BrN2. The van der Waals surface area contributed by atoms with Gasteiger partial charge in [0.05, 0.1) is 11.0 Å². The second kappa shape index (κ2) is 2.82. The van der Waals surface area contributed by atoms with Gasteiger partial charge in [-0.15, -0.1) is 0 Å². The number of H-pyrrole nitrogens is 1. The van der Waals surface area contributed by atoms with Gasteiger partial charge in [-0.05, 0) is 30.3 Å². The highest BCUT2D eigenvalue weighted by molar-refractivity contribution is 9.10. The van der Waals surface area contributed by atoms with E-state index in [9.17, 15) is 0 Å². The lowest BCUT2D eigenvalue weighted by atomic mass is 10.2. The zero-order valence-corrected chi connectivity index (χ0v) is 8.88. The van der Waals surface area contributed by atoms with E-state index in [-0.39, 0.29) is 0 Å². The first-order valence-corrected chi connectivity index (χ1v) is 5.16. The normalized spacial score (nSPS) is 11.2. The van der Waals surface area contributed by atoms with Crippen molar-refractivity contribution in [3.63, 3.8) is 0 Å². The number of halogens is 1. The second-order valence-electron chi connectivity index (χ2n) is 3.21. The van der Waals surface area contributed by atoms with Crippen molar-refractivity contribution in [1.29, 1.82) is 0 Å². The Bertz CT molecular complexity index is 613. The Hall–Kier alpha value is -1.35. The third kappa shape index (κ3) is 1.06. The molecule has 3 aromatic rings. The van der Waals surface area contributed by atoms with Crippen molar-refractivity contribution in [3.05, 3.63) is 41.0 Å². The summed E-state index contributed by atoms with van der Waals surface area (Å²) in [5.41, 5.74) is 3.24. The second-order valence-corrected chi connectivity index (χ2v) is 4.13. The van der Waals surface area contributed by atoms with Crippen LogP contribution in [0.25, 0.3) is 21.9 Å². The number of nitrogens with one attached hydrogen (secondary N) is 1. The van der Waals surface area contributed by atoms with Gasteiger partial charge in [0, 0.05) is 21.6 Å². The Balaban J connectivity index is 2.58. The Morgan fingerprint density at radius 2 is 2.07 bits per heavy atom. The van der Waals surface area contributed by atoms with Gasteiger partial charge in [0.15, 0.2) is 0 Å². The minimum atomic E-state index is 1.03. The summed E-state index contributed by atoms with van der Waals surface area (Å²) in [5.74, 6) is 0. The summed E-state index contributed by atoms with van der Waals surface area (Å²) in [5, 5.41) is 1.16. The van der Waals surface area contributed by atoms with Crippen LogP contribution in [0.1, 0.15) is 0 Å². The van der Waals surface area contributed by atoms with Gasteiger partial charge in [0.25, 0.3) is 0 Å². The maximum Gasteiger partial charge on any atom is 0.0957 e. The van der Waals surface area contributed by atoms with E-state index in [4.69, 9.17) is 0 Å². The topological polar surface area (TPSA) is 28.7 Å². The molecule has 2 nitrogen and oxygen atoms in total. The number of fused-ring (bicyclic) bond motifs is 3. The van der Waals surface area contributed by atoms with E-state index >= 15 is 0 Å². The van der Waals surface area contributed by atoms with Crippen LogP contribution in [0.3, 0.4) is 0 Å². The fourth-order valence-corrected chi connectivity index (χ4v) is 2.05. The predicted molar refractivity (Wildman–Crippen MR) is 61.3 cm³/mol. The van der Waals surface area contributed by atoms with Gasteiger partial charge in [-0.3, -0.25) is 4.98 Å². The maximum absolute atomic E-state index is 4.36. The first-order chi connectivity index (χ1) is 6.84. The summed E-state index contributed by atoms with van der Waals surface area (Å²) in [6.07, 6.45) is 1.82. The molecule has 0 amide bonds. The summed E-state index contributed by atoms with van der Waals surface area (Å²) >= 11 is 3.46. The van der Waals surface area contributed by atoms with Crippen molar-refractivity contribution in [1.82, 2.24) is 9.97 Å². The van der Waals surface area contributed by atoms with E-state index in [2.05, 4.69) is 38.0 Å². The highest BCUT2D eigenvalue weighted by atomic mass is 79.9. The van der Waals surface area contributed by atoms with Crippen molar-refractivity contribution in [3.8, 4) is 0 Å². The molecular weight excluding hydrogens is 240 g/mol. The molecule has 14 heavy (non-hydrogen) atoms. The number of nitrogens with zero attached hydrogens (tertiary/aromatic N) is 1. The third-order valence-electron chi connectivity index (χ3n) is 2.31. The number of aromatic amines is 1. The summed E-state index contributed by atoms with van der Waals surface area (Å²) in [7, 11) is 0. The van der Waals surface area contributed by atoms with Gasteiger partial charge >= 0.3 is 0 Å². The summed E-state index contributed by atoms with van der Waals surface area (Å²) in [6, 6.07) is 10.1. The highest BCUT2D eigenvalue weighted by Gasteiger charge is 2.03. The number of pyridine rings is 1. The van der Waals surface area contributed by atoms with E-state index in [0.717, 1.165) is 26.4 Å². The van der Waals surface area contributed by atoms with E-state index in [0.29, 0.717) is 0 Å². The van der Waals surface area contributed by atoms with E-state index < -0.39 is 0 Å². The molecule has 0 fully saturated rings. The van der Waals surface area contributed by atoms with Crippen LogP contribution < -0.4 is 0 Å². The Morgan fingerprint density at radius 1 is 1.14 bits per heavy atom. The molecule has 0 saturated carbocycles. The van der Waals surface area contributed by atoms with Crippen LogP contribution in [0.5, 0.6) is 0 Å². The lowest BCUT2D eigenvalue weighted by Crippen LogP contribution is -1.71. The number of hydrogen-bond acceptors (Lipinski definition) is 1. The SMILES string of the molecule is Brc1ccc2[nH]c3cccnc3c2c1. The molecule has 0 saturated heterocycles. The molecule has 1 N–H and O–H groups in total. The Labute approximate surface area is 89.1 Å². The standard InChI is InChI=1S/C11H7BrN2/c12-7-3-4-9-8(6-7)11-10(14-9)2-1-5-13-11/h1-6,14H. The molecule has 0 unspecified atom stereocenters. The molecule has 0 atom stereocenters. The summed E-state index contributed by atoms with van der Waals surface area (Å²) in [6.45, 7) is 0. The maximum atomic E-state index is 4.36. The first-order valence-electron chi connectivity index (χ1n) is 4.36. The Kier molecular flexibility index (Phi) is 1.61. The van der Waals surface area contributed by atoms with Crippen molar-refractivity contribution in [2.75, 3.05) is 0 Å². The van der Waals surface area contributed by atoms with Crippen LogP contribution in [0.15, 0.2) is 41.0 Å². The molecule has 0 aliphatic heterocycles. The van der Waals surface area contributed by atoms with Gasteiger partial charge in [-0.2, -0.15) is 0 Å². The van der Waals surface area contributed by atoms with Gasteiger partial charge in [-0.25, -0.2) is 0 Å². The van der Waals surface area contributed by atoms with Crippen molar-refractivity contribution in [2.24, 2.45) is 0 Å². The lowest BCUT2D eigenvalue weighted by Gasteiger charge is -1.90. The predicted octanol–water partition coefficient (Wildman–Crippen LogP) is 3.48. The molecule has 0 aliphatic carbocycles. The first kappa shape index (κ1) is 8.00. The number of aromatic nitrogens is 2. The van der Waals surface area contributed by atoms with Crippen LogP contribution in [-0.4, -0.2) is 9.97 Å². The fourth-order valence-electron chi connectivity index (χ4n) is 1.69. The monoisotopic (exact) mass is 246 g/mol. The molecule has 3 rings (SSSR count). The summed E-state index contributed by atoms with van der Waals surface area (Å²) in [4.78, 5) is 7.68. The van der Waals surface area contributed by atoms with E-state index in [1.165, 1.54) is 0 Å². The molecule has 0 spiro atoms. The molecule has 2 aromatic heterocycles. The third-order valence-corrected chi connectivity index (χ3v) is 2.81. The molecule has 68 valence electrons. The molecule has 0 bridgehead atoms. The average molecular weight is 247 g/mol. The van der Waals surface area contributed by atoms with Crippen LogP contribution in [0.4, 0.5) is 0 Å². The smallest absolute Gasteiger partial charge is 0.0957 e. The number of benzene rings is 1. The fraction of sp³-hybridized carbons (Fsp3) is 0. The Morgan fingerprint density at radius 3 is 3.00 bits per heavy atom. The van der Waals surface area contributed by atoms with Crippen LogP contribution in [0, 0.1) is 0 Å². The van der Waals surface area contributed by atoms with E-state index in [1.807, 2.05) is 24.4 Å². The van der Waals surface area contributed by atoms with Gasteiger partial charge in [0.1, 0.15) is 0 Å². The number of rotatable bonds is 0. The highest BCUT2D eigenvalue weighted by Crippen LogP contribution is 2.25.